The van der Waals surface area contributed by atoms with Crippen LogP contribution in [-0.2, 0) is 4.79 Å². The summed E-state index contributed by atoms with van der Waals surface area (Å²) in [5, 5.41) is 32.8. The van der Waals surface area contributed by atoms with Crippen molar-refractivity contribution in [2.45, 2.75) is 0 Å². The van der Waals surface area contributed by atoms with E-state index in [0.29, 0.717) is 11.3 Å². The number of anilines is 2. The van der Waals surface area contributed by atoms with Gasteiger partial charge in [-0.1, -0.05) is 16.4 Å². The number of nitro benzene ring substituents is 1. The molecule has 1 aliphatic heterocycles. The van der Waals surface area contributed by atoms with Gasteiger partial charge < -0.3 is 14.3 Å². The molecule has 13 heteroatoms. The van der Waals surface area contributed by atoms with Crippen molar-refractivity contribution < 1.29 is 24.0 Å². The van der Waals surface area contributed by atoms with Crippen LogP contribution in [0.3, 0.4) is 0 Å². The number of nitro groups is 1. The zero-order valence-corrected chi connectivity index (χ0v) is 17.5. The zero-order valence-electron chi connectivity index (χ0n) is 16.7. The minimum Gasteiger partial charge on any atom is -0.497 e. The number of benzene rings is 2. The Morgan fingerprint density at radius 3 is 2.70 bits per heavy atom. The number of carbonyl (C=O) groups is 1. The molecule has 3 heterocycles. The first kappa shape index (κ1) is 20.3. The standard InChI is InChI=1S/C20H12N6O6S/c1-31-11-5-2-9(3-6-11)18-24-25-19(32-18)23-20-22-17(28)15(33-20)14-12-8-10(26(29)30)4-7-13(12)21-16(14)27/h2-8,28H,1H3,(H,22,23,25). The van der Waals surface area contributed by atoms with Crippen LogP contribution in [-0.4, -0.2) is 38.2 Å². The molecule has 1 aliphatic rings. The molecule has 0 radical (unpaired) electrons. The molecule has 1 amide bonds. The molecule has 2 aromatic heterocycles. The topological polar surface area (TPSA) is 166 Å². The highest BCUT2D eigenvalue weighted by molar-refractivity contribution is 7.17. The number of non-ortho nitro benzene ring substituents is 1. The Balaban J connectivity index is 1.46. The van der Waals surface area contributed by atoms with Gasteiger partial charge in [0.1, 0.15) is 10.6 Å². The molecule has 2 aromatic carbocycles. The molecular formula is C20H12N6O6S. The molecule has 0 saturated carbocycles. The summed E-state index contributed by atoms with van der Waals surface area (Å²) in [5.41, 5.74) is 0.502. The van der Waals surface area contributed by atoms with E-state index in [1.165, 1.54) is 18.2 Å². The van der Waals surface area contributed by atoms with Gasteiger partial charge in [-0.25, -0.2) is 4.99 Å². The number of fused-ring (bicyclic) bond motifs is 1. The molecule has 0 unspecified atom stereocenters. The molecule has 4 aromatic rings. The van der Waals surface area contributed by atoms with Crippen molar-refractivity contribution in [3.63, 3.8) is 0 Å². The van der Waals surface area contributed by atoms with E-state index in [4.69, 9.17) is 9.15 Å². The minimum atomic E-state index is -0.629. The molecule has 2 N–H and O–H groups in total. The fraction of sp³-hybridized carbons (Fsp3) is 0.0500. The third-order valence-corrected chi connectivity index (χ3v) is 5.69. The lowest BCUT2D eigenvalue weighted by Gasteiger charge is -1.99. The summed E-state index contributed by atoms with van der Waals surface area (Å²) in [5.74, 6) is -0.132. The maximum atomic E-state index is 12.5. The van der Waals surface area contributed by atoms with Crippen LogP contribution in [0.25, 0.3) is 17.0 Å². The Kier molecular flexibility index (Phi) is 4.79. The molecule has 33 heavy (non-hydrogen) atoms. The lowest BCUT2D eigenvalue weighted by atomic mass is 10.1. The first-order valence-corrected chi connectivity index (χ1v) is 10.1. The quantitative estimate of drug-likeness (QED) is 0.318. The lowest BCUT2D eigenvalue weighted by molar-refractivity contribution is -0.385. The molecule has 0 saturated heterocycles. The second-order valence-corrected chi connectivity index (χ2v) is 7.69. The van der Waals surface area contributed by atoms with E-state index in [2.05, 4.69) is 25.5 Å². The Morgan fingerprint density at radius 1 is 1.18 bits per heavy atom. The van der Waals surface area contributed by atoms with E-state index in [9.17, 15) is 20.0 Å². The molecule has 5 rings (SSSR count). The highest BCUT2D eigenvalue weighted by Gasteiger charge is 2.26. The molecule has 12 nitrogen and oxygen atoms in total. The van der Waals surface area contributed by atoms with E-state index in [0.717, 1.165) is 11.3 Å². The van der Waals surface area contributed by atoms with Crippen LogP contribution < -0.4 is 20.6 Å². The van der Waals surface area contributed by atoms with Crippen LogP contribution in [0.1, 0.15) is 4.88 Å². The van der Waals surface area contributed by atoms with Crippen molar-refractivity contribution in [3.8, 4) is 23.1 Å². The number of hydrogen-bond acceptors (Lipinski definition) is 11. The molecule has 0 spiro atoms. The normalized spacial score (nSPS) is 12.4. The lowest BCUT2D eigenvalue weighted by Crippen LogP contribution is -2.23. The number of rotatable bonds is 6. The van der Waals surface area contributed by atoms with E-state index in [1.54, 1.807) is 31.4 Å². The summed E-state index contributed by atoms with van der Waals surface area (Å²) < 4.78 is 10.7. The predicted octanol–water partition coefficient (Wildman–Crippen LogP) is 1.92. The van der Waals surface area contributed by atoms with Gasteiger partial charge in [0.25, 0.3) is 11.6 Å². The van der Waals surface area contributed by atoms with Crippen LogP contribution in [0, 0.1) is 10.1 Å². The Hall–Kier alpha value is -4.65. The number of nitrogens with zero attached hydrogens (tertiary/aromatic N) is 5. The van der Waals surface area contributed by atoms with Gasteiger partial charge in [-0.05, 0) is 30.3 Å². The van der Waals surface area contributed by atoms with Crippen LogP contribution in [0.2, 0.25) is 0 Å². The predicted molar refractivity (Wildman–Crippen MR) is 115 cm³/mol. The fourth-order valence-corrected chi connectivity index (χ4v) is 4.08. The Bertz CT molecular complexity index is 1540. The van der Waals surface area contributed by atoms with Gasteiger partial charge in [-0.2, -0.15) is 4.98 Å². The van der Waals surface area contributed by atoms with Gasteiger partial charge in [0.15, 0.2) is 5.13 Å². The fourth-order valence-electron chi connectivity index (χ4n) is 3.18. The summed E-state index contributed by atoms with van der Waals surface area (Å²) in [6, 6.07) is 10.9. The number of ether oxygens (including phenoxy) is 1. The maximum Gasteiger partial charge on any atom is 0.322 e. The van der Waals surface area contributed by atoms with Crippen molar-refractivity contribution in [1.82, 2.24) is 15.2 Å². The summed E-state index contributed by atoms with van der Waals surface area (Å²) in [6.45, 7) is 0. The molecular weight excluding hydrogens is 452 g/mol. The Morgan fingerprint density at radius 2 is 1.97 bits per heavy atom. The maximum absolute atomic E-state index is 12.5. The first-order chi connectivity index (χ1) is 15.9. The number of aromatic nitrogens is 3. The highest BCUT2D eigenvalue weighted by atomic mass is 32.1. The summed E-state index contributed by atoms with van der Waals surface area (Å²) in [6.07, 6.45) is 0. The van der Waals surface area contributed by atoms with Gasteiger partial charge in [0.05, 0.1) is 23.0 Å². The second-order valence-electron chi connectivity index (χ2n) is 6.69. The molecule has 0 atom stereocenters. The van der Waals surface area contributed by atoms with Crippen LogP contribution >= 0.6 is 11.3 Å². The number of carbonyl (C=O) groups excluding carboxylic acids is 1. The number of aromatic hydroxyl groups is 1. The van der Waals surface area contributed by atoms with E-state index >= 15 is 0 Å². The third kappa shape index (κ3) is 3.65. The first-order valence-electron chi connectivity index (χ1n) is 9.30. The summed E-state index contributed by atoms with van der Waals surface area (Å²) in [7, 11) is 1.56. The molecule has 164 valence electrons. The summed E-state index contributed by atoms with van der Waals surface area (Å²) >= 11 is 0.939. The third-order valence-electron chi connectivity index (χ3n) is 4.71. The number of thiazole rings is 1. The smallest absolute Gasteiger partial charge is 0.322 e. The molecule has 0 bridgehead atoms. The van der Waals surface area contributed by atoms with E-state index < -0.39 is 16.7 Å². The van der Waals surface area contributed by atoms with Crippen molar-refractivity contribution in [2.24, 2.45) is 4.99 Å². The van der Waals surface area contributed by atoms with Gasteiger partial charge in [-0.3, -0.25) is 20.2 Å². The highest BCUT2D eigenvalue weighted by Crippen LogP contribution is 2.35. The number of nitrogens with one attached hydrogen (secondary N) is 1. The van der Waals surface area contributed by atoms with E-state index in [1.807, 2.05) is 0 Å². The average molecular weight is 464 g/mol. The average Bonchev–Trinajstić information content (AvgIpc) is 3.50. The van der Waals surface area contributed by atoms with Crippen molar-refractivity contribution in [3.05, 3.63) is 68.0 Å². The van der Waals surface area contributed by atoms with Crippen LogP contribution in [0.4, 0.5) is 16.8 Å². The number of amides is 1. The van der Waals surface area contributed by atoms with Gasteiger partial charge >= 0.3 is 6.01 Å². The van der Waals surface area contributed by atoms with Crippen LogP contribution in [0.5, 0.6) is 11.6 Å². The molecule has 0 fully saturated rings. The van der Waals surface area contributed by atoms with Crippen molar-refractivity contribution >= 4 is 39.7 Å². The van der Waals surface area contributed by atoms with Crippen molar-refractivity contribution in [2.75, 3.05) is 12.4 Å². The Labute approximate surface area is 187 Å². The van der Waals surface area contributed by atoms with E-state index in [-0.39, 0.29) is 43.8 Å². The van der Waals surface area contributed by atoms with Gasteiger partial charge in [-0.15, -0.1) is 5.10 Å². The second kappa shape index (κ2) is 7.80. The number of methoxy groups -OCH3 is 1. The van der Waals surface area contributed by atoms with Crippen LogP contribution in [0.15, 0.2) is 51.9 Å². The minimum absolute atomic E-state index is 0.0181. The van der Waals surface area contributed by atoms with Crippen molar-refractivity contribution in [1.29, 1.82) is 0 Å². The van der Waals surface area contributed by atoms with Gasteiger partial charge in [0, 0.05) is 22.9 Å². The SMILES string of the molecule is COc1ccc(-c2nnc(Nc3nc(O)c(C4=c5cc([N+](=O)[O-])ccc5=NC4=O)s3)o2)cc1. The van der Waals surface area contributed by atoms with Gasteiger partial charge in [0.2, 0.25) is 11.8 Å². The largest absolute Gasteiger partial charge is 0.497 e. The zero-order chi connectivity index (χ0) is 23.1. The summed E-state index contributed by atoms with van der Waals surface area (Å²) in [4.78, 5) is 31.0. The number of hydrogen-bond donors (Lipinski definition) is 2. The molecule has 0 aliphatic carbocycles. The monoisotopic (exact) mass is 464 g/mol.